The number of rotatable bonds is 4. The van der Waals surface area contributed by atoms with Gasteiger partial charge in [-0.15, -0.1) is 0 Å². The van der Waals surface area contributed by atoms with Crippen molar-refractivity contribution in [2.24, 2.45) is 0 Å². The van der Waals surface area contributed by atoms with Crippen LogP contribution < -0.4 is 0 Å². The molecule has 20 heavy (non-hydrogen) atoms. The lowest BCUT2D eigenvalue weighted by Crippen LogP contribution is -2.18. The number of benzene rings is 1. The first kappa shape index (κ1) is 14.5. The SMILES string of the molecule is Cc1cccc(CN(C)Cc2ccc(C#N)cc2Cl)n1. The summed E-state index contributed by atoms with van der Waals surface area (Å²) in [6.07, 6.45) is 0. The summed E-state index contributed by atoms with van der Waals surface area (Å²) in [6.45, 7) is 3.47. The molecule has 0 atom stereocenters. The molecule has 1 aromatic carbocycles. The predicted octanol–water partition coefficient (Wildman–Crippen LogP) is 3.55. The van der Waals surface area contributed by atoms with Crippen LogP contribution in [0, 0.1) is 18.3 Å². The van der Waals surface area contributed by atoms with E-state index < -0.39 is 0 Å². The molecule has 0 aliphatic rings. The van der Waals surface area contributed by atoms with Crippen LogP contribution in [0.25, 0.3) is 0 Å². The summed E-state index contributed by atoms with van der Waals surface area (Å²) in [5.74, 6) is 0. The minimum atomic E-state index is 0.585. The monoisotopic (exact) mass is 285 g/mol. The van der Waals surface area contributed by atoms with Crippen molar-refractivity contribution in [1.82, 2.24) is 9.88 Å². The summed E-state index contributed by atoms with van der Waals surface area (Å²) in [7, 11) is 2.03. The zero-order valence-corrected chi connectivity index (χ0v) is 12.4. The van der Waals surface area contributed by atoms with Crippen LogP contribution in [0.4, 0.5) is 0 Å². The van der Waals surface area contributed by atoms with Gasteiger partial charge in [-0.3, -0.25) is 9.88 Å². The molecule has 0 saturated carbocycles. The fourth-order valence-electron chi connectivity index (χ4n) is 2.06. The molecule has 0 saturated heterocycles. The second kappa shape index (κ2) is 6.51. The number of pyridine rings is 1. The maximum absolute atomic E-state index is 8.83. The van der Waals surface area contributed by atoms with Crippen molar-refractivity contribution in [2.45, 2.75) is 20.0 Å². The average Bonchev–Trinajstić information content (AvgIpc) is 2.41. The van der Waals surface area contributed by atoms with E-state index >= 15 is 0 Å². The van der Waals surface area contributed by atoms with Gasteiger partial charge in [0, 0.05) is 23.8 Å². The van der Waals surface area contributed by atoms with Crippen LogP contribution in [0.3, 0.4) is 0 Å². The van der Waals surface area contributed by atoms with Gasteiger partial charge < -0.3 is 0 Å². The normalized spacial score (nSPS) is 10.6. The highest BCUT2D eigenvalue weighted by Crippen LogP contribution is 2.19. The van der Waals surface area contributed by atoms with E-state index in [0.29, 0.717) is 10.6 Å². The highest BCUT2D eigenvalue weighted by atomic mass is 35.5. The smallest absolute Gasteiger partial charge is 0.0992 e. The molecule has 4 heteroatoms. The van der Waals surface area contributed by atoms with Crippen molar-refractivity contribution >= 4 is 11.6 Å². The Morgan fingerprint density at radius 1 is 1.25 bits per heavy atom. The van der Waals surface area contributed by atoms with Gasteiger partial charge in [0.2, 0.25) is 0 Å². The third kappa shape index (κ3) is 3.80. The average molecular weight is 286 g/mol. The van der Waals surface area contributed by atoms with Gasteiger partial charge in [-0.2, -0.15) is 5.26 Å². The second-order valence-electron chi connectivity index (χ2n) is 4.86. The number of hydrogen-bond donors (Lipinski definition) is 0. The Kier molecular flexibility index (Phi) is 4.73. The van der Waals surface area contributed by atoms with Crippen molar-refractivity contribution in [3.8, 4) is 6.07 Å². The third-order valence-electron chi connectivity index (χ3n) is 3.00. The number of halogens is 1. The van der Waals surface area contributed by atoms with E-state index in [2.05, 4.69) is 16.0 Å². The summed E-state index contributed by atoms with van der Waals surface area (Å²) in [6, 6.07) is 13.5. The maximum Gasteiger partial charge on any atom is 0.0992 e. The molecule has 2 aromatic rings. The summed E-state index contributed by atoms with van der Waals surface area (Å²) in [4.78, 5) is 6.63. The summed E-state index contributed by atoms with van der Waals surface area (Å²) in [5, 5.41) is 9.46. The molecule has 0 radical (unpaired) electrons. The first-order chi connectivity index (χ1) is 9.58. The number of nitriles is 1. The standard InChI is InChI=1S/C16H16ClN3/c1-12-4-3-5-15(19-12)11-20(2)10-14-7-6-13(9-18)8-16(14)17/h3-8H,10-11H2,1-2H3. The molecule has 0 spiro atoms. The minimum absolute atomic E-state index is 0.585. The zero-order valence-electron chi connectivity index (χ0n) is 11.6. The van der Waals surface area contributed by atoms with Crippen molar-refractivity contribution in [1.29, 1.82) is 5.26 Å². The van der Waals surface area contributed by atoms with E-state index in [1.807, 2.05) is 38.2 Å². The highest BCUT2D eigenvalue weighted by Gasteiger charge is 2.07. The van der Waals surface area contributed by atoms with Gasteiger partial charge in [-0.05, 0) is 43.8 Å². The van der Waals surface area contributed by atoms with Crippen LogP contribution in [-0.2, 0) is 13.1 Å². The molecule has 0 aliphatic carbocycles. The summed E-state index contributed by atoms with van der Waals surface area (Å²) < 4.78 is 0. The van der Waals surface area contributed by atoms with Crippen LogP contribution in [0.2, 0.25) is 5.02 Å². The molecule has 1 heterocycles. The topological polar surface area (TPSA) is 39.9 Å². The molecule has 3 nitrogen and oxygen atoms in total. The van der Waals surface area contributed by atoms with Crippen molar-refractivity contribution in [2.75, 3.05) is 7.05 Å². The third-order valence-corrected chi connectivity index (χ3v) is 3.35. The van der Waals surface area contributed by atoms with Crippen molar-refractivity contribution in [3.63, 3.8) is 0 Å². The largest absolute Gasteiger partial charge is 0.296 e. The molecule has 0 unspecified atom stereocenters. The van der Waals surface area contributed by atoms with Crippen LogP contribution in [0.5, 0.6) is 0 Å². The van der Waals surface area contributed by atoms with E-state index in [1.54, 1.807) is 12.1 Å². The molecular weight excluding hydrogens is 270 g/mol. The quantitative estimate of drug-likeness (QED) is 0.862. The Morgan fingerprint density at radius 2 is 2.05 bits per heavy atom. The second-order valence-corrected chi connectivity index (χ2v) is 5.27. The number of nitrogens with zero attached hydrogens (tertiary/aromatic N) is 3. The molecule has 0 N–H and O–H groups in total. The maximum atomic E-state index is 8.83. The molecule has 102 valence electrons. The number of hydrogen-bond acceptors (Lipinski definition) is 3. The molecule has 0 aliphatic heterocycles. The molecule has 2 rings (SSSR count). The van der Waals surface area contributed by atoms with Crippen LogP contribution in [0.15, 0.2) is 36.4 Å². The molecule has 0 bridgehead atoms. The lowest BCUT2D eigenvalue weighted by atomic mass is 10.1. The molecule has 0 amide bonds. The molecular formula is C16H16ClN3. The first-order valence-corrected chi connectivity index (χ1v) is 6.76. The Hall–Kier alpha value is -1.89. The predicted molar refractivity (Wildman–Crippen MR) is 80.3 cm³/mol. The van der Waals surface area contributed by atoms with E-state index in [4.69, 9.17) is 16.9 Å². The van der Waals surface area contributed by atoms with Crippen LogP contribution in [0.1, 0.15) is 22.5 Å². The Morgan fingerprint density at radius 3 is 2.70 bits per heavy atom. The van der Waals surface area contributed by atoms with E-state index in [9.17, 15) is 0 Å². The lowest BCUT2D eigenvalue weighted by molar-refractivity contribution is 0.315. The summed E-state index contributed by atoms with van der Waals surface area (Å²) in [5.41, 5.74) is 3.66. The van der Waals surface area contributed by atoms with Gasteiger partial charge in [0.05, 0.1) is 17.3 Å². The van der Waals surface area contributed by atoms with Crippen molar-refractivity contribution in [3.05, 3.63) is 63.9 Å². The van der Waals surface area contributed by atoms with Crippen LogP contribution in [-0.4, -0.2) is 16.9 Å². The number of aryl methyl sites for hydroxylation is 1. The Labute approximate surface area is 124 Å². The Bertz CT molecular complexity index is 646. The van der Waals surface area contributed by atoms with E-state index in [1.165, 1.54) is 0 Å². The lowest BCUT2D eigenvalue weighted by Gasteiger charge is -2.17. The number of aromatic nitrogens is 1. The van der Waals surface area contributed by atoms with Gasteiger partial charge >= 0.3 is 0 Å². The molecule has 0 fully saturated rings. The van der Waals surface area contributed by atoms with E-state index in [0.717, 1.165) is 30.0 Å². The first-order valence-electron chi connectivity index (χ1n) is 6.38. The van der Waals surface area contributed by atoms with Gasteiger partial charge in [0.15, 0.2) is 0 Å². The fourth-order valence-corrected chi connectivity index (χ4v) is 2.30. The summed E-state index contributed by atoms with van der Waals surface area (Å²) >= 11 is 6.19. The van der Waals surface area contributed by atoms with Gasteiger partial charge in [-0.25, -0.2) is 0 Å². The van der Waals surface area contributed by atoms with Gasteiger partial charge in [0.25, 0.3) is 0 Å². The van der Waals surface area contributed by atoms with Crippen LogP contribution >= 0.6 is 11.6 Å². The zero-order chi connectivity index (χ0) is 14.5. The van der Waals surface area contributed by atoms with Gasteiger partial charge in [0.1, 0.15) is 0 Å². The highest BCUT2D eigenvalue weighted by molar-refractivity contribution is 6.31. The molecule has 1 aromatic heterocycles. The van der Waals surface area contributed by atoms with Crippen molar-refractivity contribution < 1.29 is 0 Å². The van der Waals surface area contributed by atoms with E-state index in [-0.39, 0.29) is 0 Å². The van der Waals surface area contributed by atoms with Gasteiger partial charge in [-0.1, -0.05) is 23.7 Å². The fraction of sp³-hybridized carbons (Fsp3) is 0.250. The minimum Gasteiger partial charge on any atom is -0.296 e. The Balaban J connectivity index is 2.05.